The summed E-state index contributed by atoms with van der Waals surface area (Å²) in [7, 11) is 1.83. The lowest BCUT2D eigenvalue weighted by molar-refractivity contribution is 0.0515. The number of carbonyl (C=O) groups is 1. The van der Waals surface area contributed by atoms with Crippen molar-refractivity contribution in [2.75, 3.05) is 6.61 Å². The van der Waals surface area contributed by atoms with Crippen LogP contribution < -0.4 is 0 Å². The fraction of sp³-hybridized carbons (Fsp3) is 0.333. The van der Waals surface area contributed by atoms with Gasteiger partial charge >= 0.3 is 5.97 Å². The minimum absolute atomic E-state index is 0.320. The van der Waals surface area contributed by atoms with Crippen LogP contribution in [0.1, 0.15) is 28.9 Å². The van der Waals surface area contributed by atoms with Crippen molar-refractivity contribution < 1.29 is 13.9 Å². The van der Waals surface area contributed by atoms with E-state index in [0.717, 1.165) is 41.3 Å². The number of rotatable bonds is 2. The predicted molar refractivity (Wildman–Crippen MR) is 75.2 cm³/mol. The second-order valence-electron chi connectivity index (χ2n) is 5.13. The Kier molecular flexibility index (Phi) is 2.48. The summed E-state index contributed by atoms with van der Waals surface area (Å²) in [5.41, 5.74) is 3.63. The van der Waals surface area contributed by atoms with Crippen LogP contribution in [0.3, 0.4) is 0 Å². The molecule has 0 spiro atoms. The van der Waals surface area contributed by atoms with Gasteiger partial charge in [-0.3, -0.25) is 4.40 Å². The fourth-order valence-electron chi connectivity index (χ4n) is 2.97. The van der Waals surface area contributed by atoms with Crippen LogP contribution in [-0.4, -0.2) is 26.5 Å². The molecule has 3 aromatic rings. The Morgan fingerprint density at radius 1 is 1.48 bits per heavy atom. The van der Waals surface area contributed by atoms with Crippen molar-refractivity contribution in [2.24, 2.45) is 7.05 Å². The van der Waals surface area contributed by atoms with Crippen LogP contribution in [0.25, 0.3) is 17.0 Å². The summed E-state index contributed by atoms with van der Waals surface area (Å²) in [6.07, 6.45) is 5.22. The molecule has 4 rings (SSSR count). The Hall–Kier alpha value is -2.50. The molecule has 0 amide bonds. The Morgan fingerprint density at radius 2 is 2.33 bits per heavy atom. The summed E-state index contributed by atoms with van der Waals surface area (Å²) >= 11 is 0. The first-order chi connectivity index (χ1) is 10.2. The third kappa shape index (κ3) is 1.59. The number of furan rings is 1. The van der Waals surface area contributed by atoms with Crippen LogP contribution >= 0.6 is 0 Å². The maximum Gasteiger partial charge on any atom is 0.356 e. The van der Waals surface area contributed by atoms with Crippen LogP contribution in [-0.2, 0) is 24.6 Å². The van der Waals surface area contributed by atoms with E-state index in [1.165, 1.54) is 0 Å². The average molecular weight is 285 g/mol. The third-order valence-corrected chi connectivity index (χ3v) is 3.98. The van der Waals surface area contributed by atoms with Gasteiger partial charge in [-0.25, -0.2) is 9.78 Å². The van der Waals surface area contributed by atoms with E-state index in [4.69, 9.17) is 9.15 Å². The molecule has 3 aromatic heterocycles. The fourth-order valence-corrected chi connectivity index (χ4v) is 2.97. The van der Waals surface area contributed by atoms with Gasteiger partial charge in [0.15, 0.2) is 0 Å². The number of imidazole rings is 2. The number of hydrogen-bond acceptors (Lipinski definition) is 4. The van der Waals surface area contributed by atoms with Gasteiger partial charge in [-0.05, 0) is 19.4 Å². The molecule has 0 unspecified atom stereocenters. The van der Waals surface area contributed by atoms with Crippen molar-refractivity contribution in [3.8, 4) is 11.3 Å². The first-order valence-corrected chi connectivity index (χ1v) is 7.01. The monoisotopic (exact) mass is 285 g/mol. The molecule has 0 aliphatic heterocycles. The smallest absolute Gasteiger partial charge is 0.356 e. The lowest BCUT2D eigenvalue weighted by Crippen LogP contribution is -2.10. The zero-order chi connectivity index (χ0) is 14.6. The number of esters is 1. The van der Waals surface area contributed by atoms with Crippen molar-refractivity contribution in [1.82, 2.24) is 14.0 Å². The van der Waals surface area contributed by atoms with Gasteiger partial charge in [0, 0.05) is 25.2 Å². The third-order valence-electron chi connectivity index (χ3n) is 3.98. The highest BCUT2D eigenvalue weighted by molar-refractivity contribution is 5.88. The van der Waals surface area contributed by atoms with E-state index in [9.17, 15) is 4.79 Å². The van der Waals surface area contributed by atoms with Crippen LogP contribution in [0.2, 0.25) is 0 Å². The topological polar surface area (TPSA) is 61.7 Å². The van der Waals surface area contributed by atoms with Gasteiger partial charge in [-0.2, -0.15) is 0 Å². The summed E-state index contributed by atoms with van der Waals surface area (Å²) in [5.74, 6) is 1.41. The number of fused-ring (bicyclic) bond motifs is 5. The molecular formula is C15H15N3O3. The average Bonchev–Trinajstić information content (AvgIpc) is 3.13. The summed E-state index contributed by atoms with van der Waals surface area (Å²) in [4.78, 5) is 16.6. The highest BCUT2D eigenvalue weighted by Crippen LogP contribution is 2.34. The van der Waals surface area contributed by atoms with Gasteiger partial charge in [0.05, 0.1) is 24.3 Å². The largest absolute Gasteiger partial charge is 0.469 e. The number of hydrogen-bond donors (Lipinski definition) is 0. The summed E-state index contributed by atoms with van der Waals surface area (Å²) in [6, 6.07) is 1.95. The molecule has 0 saturated heterocycles. The van der Waals surface area contributed by atoms with Crippen LogP contribution in [0, 0.1) is 0 Å². The summed E-state index contributed by atoms with van der Waals surface area (Å²) in [5, 5.41) is 0. The molecule has 0 aromatic carbocycles. The highest BCUT2D eigenvalue weighted by atomic mass is 16.5. The standard InChI is InChI=1S/C15H15N3O3/c1-3-20-14(19)11-8-18-10-4-5-12-9(6-7-21-12)13(10)16-15(18)17(11)2/h6-8H,3-5H2,1-2H3. The SMILES string of the molecule is CCOC(=O)c1cn2c3c(nc2n1C)-c1ccoc1CC3. The lowest BCUT2D eigenvalue weighted by Gasteiger charge is -2.09. The van der Waals surface area contributed by atoms with E-state index in [-0.39, 0.29) is 5.97 Å². The van der Waals surface area contributed by atoms with Crippen molar-refractivity contribution in [2.45, 2.75) is 19.8 Å². The summed E-state index contributed by atoms with van der Waals surface area (Å²) in [6.45, 7) is 2.16. The molecular weight excluding hydrogens is 270 g/mol. The molecule has 0 N–H and O–H groups in total. The second kappa shape index (κ2) is 4.25. The van der Waals surface area contributed by atoms with Gasteiger partial charge in [0.1, 0.15) is 11.5 Å². The van der Waals surface area contributed by atoms with Crippen LogP contribution in [0.4, 0.5) is 0 Å². The Morgan fingerprint density at radius 3 is 3.14 bits per heavy atom. The molecule has 0 radical (unpaired) electrons. The maximum atomic E-state index is 12.0. The van der Waals surface area contributed by atoms with Gasteiger partial charge < -0.3 is 13.7 Å². The number of aromatic nitrogens is 3. The van der Waals surface area contributed by atoms with Crippen LogP contribution in [0.15, 0.2) is 22.9 Å². The van der Waals surface area contributed by atoms with E-state index in [0.29, 0.717) is 12.3 Å². The molecule has 108 valence electrons. The highest BCUT2D eigenvalue weighted by Gasteiger charge is 2.26. The van der Waals surface area contributed by atoms with E-state index >= 15 is 0 Å². The van der Waals surface area contributed by atoms with Crippen LogP contribution in [0.5, 0.6) is 0 Å². The van der Waals surface area contributed by atoms with Gasteiger partial charge in [-0.15, -0.1) is 0 Å². The Balaban J connectivity index is 1.91. The number of aryl methyl sites for hydroxylation is 3. The quantitative estimate of drug-likeness (QED) is 0.677. The molecule has 0 saturated carbocycles. The summed E-state index contributed by atoms with van der Waals surface area (Å²) < 4.78 is 14.3. The molecule has 3 heterocycles. The van der Waals surface area contributed by atoms with Crippen molar-refractivity contribution in [3.05, 3.63) is 35.7 Å². The molecule has 6 nitrogen and oxygen atoms in total. The van der Waals surface area contributed by atoms with E-state index in [1.807, 2.05) is 23.7 Å². The van der Waals surface area contributed by atoms with Crippen molar-refractivity contribution in [1.29, 1.82) is 0 Å². The van der Waals surface area contributed by atoms with E-state index in [2.05, 4.69) is 4.98 Å². The zero-order valence-electron chi connectivity index (χ0n) is 11.9. The van der Waals surface area contributed by atoms with E-state index in [1.54, 1.807) is 17.8 Å². The lowest BCUT2D eigenvalue weighted by atomic mass is 9.99. The number of carbonyl (C=O) groups excluding carboxylic acids is 1. The van der Waals surface area contributed by atoms with E-state index < -0.39 is 0 Å². The Labute approximate surface area is 120 Å². The minimum Gasteiger partial charge on any atom is -0.469 e. The van der Waals surface area contributed by atoms with Gasteiger partial charge in [0.2, 0.25) is 5.78 Å². The first kappa shape index (κ1) is 12.3. The first-order valence-electron chi connectivity index (χ1n) is 7.01. The predicted octanol–water partition coefficient (Wildman–Crippen LogP) is 2.21. The maximum absolute atomic E-state index is 12.0. The molecule has 1 aliphatic rings. The van der Waals surface area contributed by atoms with Crippen molar-refractivity contribution in [3.63, 3.8) is 0 Å². The minimum atomic E-state index is -0.320. The Bertz CT molecular complexity index is 853. The molecule has 1 aliphatic carbocycles. The molecule has 6 heteroatoms. The normalized spacial score (nSPS) is 13.2. The molecule has 0 fully saturated rings. The van der Waals surface area contributed by atoms with Gasteiger partial charge in [0.25, 0.3) is 0 Å². The second-order valence-corrected chi connectivity index (χ2v) is 5.13. The molecule has 0 atom stereocenters. The number of ether oxygens (including phenoxy) is 1. The number of nitrogens with zero attached hydrogens (tertiary/aromatic N) is 3. The van der Waals surface area contributed by atoms with Gasteiger partial charge in [-0.1, -0.05) is 0 Å². The molecule has 21 heavy (non-hydrogen) atoms. The zero-order valence-corrected chi connectivity index (χ0v) is 11.9. The van der Waals surface area contributed by atoms with Crippen molar-refractivity contribution >= 4 is 11.7 Å². The molecule has 0 bridgehead atoms.